The molecule has 1 aliphatic carbocycles. The predicted molar refractivity (Wildman–Crippen MR) is 98.3 cm³/mol. The van der Waals surface area contributed by atoms with Crippen LogP contribution in [0.4, 0.5) is 5.69 Å². The lowest BCUT2D eigenvalue weighted by molar-refractivity contribution is -0.127. The Bertz CT molecular complexity index is 561. The molecule has 0 heterocycles. The lowest BCUT2D eigenvalue weighted by Crippen LogP contribution is -2.35. The van der Waals surface area contributed by atoms with E-state index in [2.05, 4.69) is 38.3 Å². The van der Waals surface area contributed by atoms with E-state index in [1.54, 1.807) is 0 Å². The highest BCUT2D eigenvalue weighted by atomic mass is 16.2. The van der Waals surface area contributed by atoms with Gasteiger partial charge < -0.3 is 10.6 Å². The van der Waals surface area contributed by atoms with Crippen molar-refractivity contribution in [2.45, 2.75) is 77.7 Å². The first-order valence-electron chi connectivity index (χ1n) is 9.10. The average molecular weight is 330 g/mol. The Balaban J connectivity index is 2.05. The lowest BCUT2D eigenvalue weighted by Gasteiger charge is -2.20. The van der Waals surface area contributed by atoms with Crippen LogP contribution >= 0.6 is 0 Å². The highest BCUT2D eigenvalue weighted by Gasteiger charge is 2.20. The van der Waals surface area contributed by atoms with Crippen LogP contribution in [0.3, 0.4) is 0 Å². The first kappa shape index (κ1) is 18.5. The van der Waals surface area contributed by atoms with E-state index in [1.165, 1.54) is 0 Å². The smallest absolute Gasteiger partial charge is 0.233 e. The molecule has 0 atom stereocenters. The van der Waals surface area contributed by atoms with Gasteiger partial charge in [0.2, 0.25) is 11.8 Å². The van der Waals surface area contributed by atoms with Gasteiger partial charge in [-0.05, 0) is 35.8 Å². The Morgan fingerprint density at radius 3 is 2.04 bits per heavy atom. The largest absolute Gasteiger partial charge is 0.353 e. The quantitative estimate of drug-likeness (QED) is 0.763. The van der Waals surface area contributed by atoms with Crippen molar-refractivity contribution in [3.63, 3.8) is 0 Å². The molecule has 0 aliphatic heterocycles. The van der Waals surface area contributed by atoms with Crippen LogP contribution in [0.5, 0.6) is 0 Å². The van der Waals surface area contributed by atoms with Crippen molar-refractivity contribution < 1.29 is 9.59 Å². The summed E-state index contributed by atoms with van der Waals surface area (Å²) >= 11 is 0. The fourth-order valence-electron chi connectivity index (χ4n) is 3.37. The molecule has 2 rings (SSSR count). The van der Waals surface area contributed by atoms with Gasteiger partial charge in [0.05, 0.1) is 0 Å². The number of benzene rings is 1. The maximum atomic E-state index is 12.4. The number of amides is 2. The topological polar surface area (TPSA) is 58.2 Å². The number of rotatable bonds is 6. The lowest BCUT2D eigenvalue weighted by atomic mass is 9.92. The van der Waals surface area contributed by atoms with E-state index >= 15 is 0 Å². The highest BCUT2D eigenvalue weighted by Crippen LogP contribution is 2.32. The van der Waals surface area contributed by atoms with Gasteiger partial charge in [-0.15, -0.1) is 0 Å². The molecule has 0 aromatic heterocycles. The molecule has 0 saturated heterocycles. The van der Waals surface area contributed by atoms with Crippen molar-refractivity contribution >= 4 is 17.5 Å². The summed E-state index contributed by atoms with van der Waals surface area (Å²) in [6.45, 7) is 8.45. The van der Waals surface area contributed by atoms with E-state index in [4.69, 9.17) is 0 Å². The van der Waals surface area contributed by atoms with Crippen molar-refractivity contribution in [3.05, 3.63) is 29.3 Å². The van der Waals surface area contributed by atoms with Gasteiger partial charge in [0.25, 0.3) is 0 Å². The van der Waals surface area contributed by atoms with Crippen molar-refractivity contribution in [1.82, 2.24) is 5.32 Å². The summed E-state index contributed by atoms with van der Waals surface area (Å²) in [4.78, 5) is 24.4. The summed E-state index contributed by atoms with van der Waals surface area (Å²) in [6.07, 6.45) is 4.27. The highest BCUT2D eigenvalue weighted by molar-refractivity contribution is 6.04. The van der Waals surface area contributed by atoms with E-state index in [-0.39, 0.29) is 24.3 Å². The molecule has 2 N–H and O–H groups in total. The minimum atomic E-state index is -0.236. The number of anilines is 1. The van der Waals surface area contributed by atoms with Crippen molar-refractivity contribution in [2.24, 2.45) is 0 Å². The van der Waals surface area contributed by atoms with E-state index < -0.39 is 0 Å². The maximum Gasteiger partial charge on any atom is 0.233 e. The third-order valence-electron chi connectivity index (χ3n) is 4.68. The zero-order valence-corrected chi connectivity index (χ0v) is 15.3. The molecule has 132 valence electrons. The fourth-order valence-corrected chi connectivity index (χ4v) is 3.37. The zero-order chi connectivity index (χ0) is 17.7. The normalized spacial score (nSPS) is 15.1. The molecule has 1 aromatic carbocycles. The minimum absolute atomic E-state index is 0.111. The molecule has 0 spiro atoms. The average Bonchev–Trinajstić information content (AvgIpc) is 2.99. The van der Waals surface area contributed by atoms with Crippen LogP contribution in [0.25, 0.3) is 0 Å². The van der Waals surface area contributed by atoms with Gasteiger partial charge >= 0.3 is 0 Å². The van der Waals surface area contributed by atoms with E-state index in [0.717, 1.165) is 42.5 Å². The van der Waals surface area contributed by atoms with Gasteiger partial charge in [0, 0.05) is 11.7 Å². The van der Waals surface area contributed by atoms with E-state index in [9.17, 15) is 9.59 Å². The molecular formula is C20H30N2O2. The number of hydrogen-bond acceptors (Lipinski definition) is 2. The minimum Gasteiger partial charge on any atom is -0.353 e. The third kappa shape index (κ3) is 4.83. The molecule has 0 bridgehead atoms. The molecule has 2 amide bonds. The first-order valence-corrected chi connectivity index (χ1v) is 9.10. The number of nitrogens with one attached hydrogen (secondary N) is 2. The summed E-state index contributed by atoms with van der Waals surface area (Å²) in [5.74, 6) is 0.214. The number of hydrogen-bond donors (Lipinski definition) is 2. The molecule has 24 heavy (non-hydrogen) atoms. The Hall–Kier alpha value is -1.84. The second-order valence-corrected chi connectivity index (χ2v) is 7.39. The predicted octanol–water partition coefficient (Wildman–Crippen LogP) is 4.32. The number of carbonyl (C=O) groups is 2. The molecule has 1 aromatic rings. The van der Waals surface area contributed by atoms with Crippen molar-refractivity contribution in [1.29, 1.82) is 0 Å². The van der Waals surface area contributed by atoms with Crippen LogP contribution in [-0.2, 0) is 9.59 Å². The monoisotopic (exact) mass is 330 g/mol. The van der Waals surface area contributed by atoms with Crippen molar-refractivity contribution in [2.75, 3.05) is 5.32 Å². The molecule has 4 nitrogen and oxygen atoms in total. The molecule has 0 radical (unpaired) electrons. The molecule has 1 fully saturated rings. The van der Waals surface area contributed by atoms with Crippen LogP contribution in [0, 0.1) is 0 Å². The van der Waals surface area contributed by atoms with Gasteiger partial charge in [-0.1, -0.05) is 58.7 Å². The van der Waals surface area contributed by atoms with Gasteiger partial charge in [0.15, 0.2) is 0 Å². The molecule has 1 aliphatic rings. The van der Waals surface area contributed by atoms with Gasteiger partial charge in [-0.3, -0.25) is 9.59 Å². The SMILES string of the molecule is CC(C)c1cccc(C(C)C)c1NC(=O)CC(=O)NC1CCCC1. The van der Waals surface area contributed by atoms with Crippen LogP contribution < -0.4 is 10.6 Å². The maximum absolute atomic E-state index is 12.4. The fraction of sp³-hybridized carbons (Fsp3) is 0.600. The Morgan fingerprint density at radius 2 is 1.54 bits per heavy atom. The van der Waals surface area contributed by atoms with E-state index in [1.807, 2.05) is 18.2 Å². The number of carbonyl (C=O) groups excluding carboxylic acids is 2. The zero-order valence-electron chi connectivity index (χ0n) is 15.3. The number of para-hydroxylation sites is 1. The van der Waals surface area contributed by atoms with Crippen LogP contribution in [0.2, 0.25) is 0 Å². The van der Waals surface area contributed by atoms with Crippen molar-refractivity contribution in [3.8, 4) is 0 Å². The molecule has 1 saturated carbocycles. The van der Waals surface area contributed by atoms with Crippen LogP contribution in [0.15, 0.2) is 18.2 Å². The third-order valence-corrected chi connectivity index (χ3v) is 4.68. The standard InChI is InChI=1S/C20H30N2O2/c1-13(2)16-10-7-11-17(14(3)4)20(16)22-19(24)12-18(23)21-15-8-5-6-9-15/h7,10-11,13-15H,5-6,8-9,12H2,1-4H3,(H,21,23)(H,22,24). The summed E-state index contributed by atoms with van der Waals surface area (Å²) in [6, 6.07) is 6.38. The van der Waals surface area contributed by atoms with E-state index in [0.29, 0.717) is 11.8 Å². The Labute approximate surface area is 145 Å². The van der Waals surface area contributed by atoms with Crippen LogP contribution in [0.1, 0.15) is 82.8 Å². The molecular weight excluding hydrogens is 300 g/mol. The summed E-state index contributed by atoms with van der Waals surface area (Å²) in [7, 11) is 0. The first-order chi connectivity index (χ1) is 11.4. The second kappa shape index (κ2) is 8.32. The van der Waals surface area contributed by atoms with Gasteiger partial charge in [0.1, 0.15) is 6.42 Å². The second-order valence-electron chi connectivity index (χ2n) is 7.39. The van der Waals surface area contributed by atoms with Gasteiger partial charge in [-0.2, -0.15) is 0 Å². The van der Waals surface area contributed by atoms with Crippen LogP contribution in [-0.4, -0.2) is 17.9 Å². The summed E-state index contributed by atoms with van der Waals surface area (Å²) in [5, 5.41) is 5.97. The summed E-state index contributed by atoms with van der Waals surface area (Å²) in [5.41, 5.74) is 3.11. The molecule has 0 unspecified atom stereocenters. The summed E-state index contributed by atoms with van der Waals surface area (Å²) < 4.78 is 0. The van der Waals surface area contributed by atoms with Gasteiger partial charge in [-0.25, -0.2) is 0 Å². The Kier molecular flexibility index (Phi) is 6.41. The molecule has 4 heteroatoms. The Morgan fingerprint density at radius 1 is 1.00 bits per heavy atom.